The highest BCUT2D eigenvalue weighted by Crippen LogP contribution is 2.38. The minimum Gasteiger partial charge on any atom is -0.256 e. The van der Waals surface area contributed by atoms with Gasteiger partial charge in [-0.15, -0.1) is 0 Å². The molecule has 3 heteroatoms. The maximum atomic E-state index is 9.60. The van der Waals surface area contributed by atoms with Gasteiger partial charge in [-0.2, -0.15) is 0 Å². The van der Waals surface area contributed by atoms with Gasteiger partial charge in [0, 0.05) is 46.2 Å². The number of hydrogen-bond donors (Lipinski definition) is 0. The van der Waals surface area contributed by atoms with Crippen molar-refractivity contribution < 1.29 is 11.0 Å². The first-order chi connectivity index (χ1) is 33.5. The van der Waals surface area contributed by atoms with Crippen molar-refractivity contribution in [3.05, 3.63) is 246 Å². The van der Waals surface area contributed by atoms with E-state index in [9.17, 15) is 11.0 Å². The molecule has 0 saturated heterocycles. The summed E-state index contributed by atoms with van der Waals surface area (Å²) in [7, 11) is 0. The third kappa shape index (κ3) is 9.70. The first-order valence-electron chi connectivity index (χ1n) is 24.9. The topological polar surface area (TPSA) is 38.7 Å². The molecular formula is C59H51N3. The zero-order valence-corrected chi connectivity index (χ0v) is 34.8. The Morgan fingerprint density at radius 3 is 1.21 bits per heavy atom. The molecule has 0 unspecified atom stereocenters. The van der Waals surface area contributed by atoms with E-state index in [1.54, 1.807) is 24.3 Å². The minimum absolute atomic E-state index is 0.000103. The highest BCUT2D eigenvalue weighted by Gasteiger charge is 2.26. The van der Waals surface area contributed by atoms with Crippen molar-refractivity contribution in [1.82, 2.24) is 15.0 Å². The van der Waals surface area contributed by atoms with Crippen LogP contribution in [0.3, 0.4) is 0 Å². The normalized spacial score (nSPS) is 14.2. The average molecular weight is 810 g/mol. The molecule has 0 saturated carbocycles. The van der Waals surface area contributed by atoms with Crippen LogP contribution in [-0.4, -0.2) is 15.0 Å². The third-order valence-corrected chi connectivity index (χ3v) is 11.0. The molecule has 9 rings (SSSR count). The molecule has 0 spiro atoms. The fourth-order valence-corrected chi connectivity index (χ4v) is 7.80. The Kier molecular flexibility index (Phi) is 9.48. The van der Waals surface area contributed by atoms with Crippen LogP contribution < -0.4 is 0 Å². The number of aromatic nitrogens is 3. The maximum Gasteiger partial charge on any atom is 0.0708 e. The summed E-state index contributed by atoms with van der Waals surface area (Å²) < 4.78 is 76.0. The zero-order chi connectivity index (χ0) is 49.3. The molecule has 0 aliphatic heterocycles. The van der Waals surface area contributed by atoms with Gasteiger partial charge in [0.15, 0.2) is 0 Å². The van der Waals surface area contributed by atoms with Gasteiger partial charge in [-0.05, 0) is 111 Å². The number of hydrogen-bond acceptors (Lipinski definition) is 3. The minimum atomic E-state index is -2.76. The van der Waals surface area contributed by atoms with Crippen molar-refractivity contribution in [3.8, 4) is 56.0 Å². The Bertz CT molecular complexity index is 3100. The SMILES string of the molecule is [2H]C([2H])(c1ccc(-c2ccccc2)nc1)C([2H])([2H])c1cc(CC(C)(C)c2cnc(-c3ccccc3)cc2-c2ccc(-c3ccccc3)cc2)cc(C([2H])([2H])C([2H])([2H])c2ccc(-c3ccccc3)nc2)c1. The van der Waals surface area contributed by atoms with Crippen LogP contribution >= 0.6 is 0 Å². The molecule has 3 aromatic heterocycles. The van der Waals surface area contributed by atoms with Crippen molar-refractivity contribution in [1.29, 1.82) is 0 Å². The lowest BCUT2D eigenvalue weighted by molar-refractivity contribution is 0.521. The van der Waals surface area contributed by atoms with Crippen LogP contribution in [-0.2, 0) is 37.3 Å². The Morgan fingerprint density at radius 1 is 0.355 bits per heavy atom. The van der Waals surface area contributed by atoms with Gasteiger partial charge in [-0.1, -0.05) is 190 Å². The average Bonchev–Trinajstić information content (AvgIpc) is 3.39. The summed E-state index contributed by atoms with van der Waals surface area (Å²) in [5, 5.41) is 0. The summed E-state index contributed by atoms with van der Waals surface area (Å²) in [6.07, 6.45) is -6.06. The van der Waals surface area contributed by atoms with E-state index in [0.717, 1.165) is 50.2 Å². The van der Waals surface area contributed by atoms with E-state index in [0.29, 0.717) is 17.0 Å². The number of pyridine rings is 3. The van der Waals surface area contributed by atoms with Crippen molar-refractivity contribution in [3.63, 3.8) is 0 Å². The molecule has 0 radical (unpaired) electrons. The summed E-state index contributed by atoms with van der Waals surface area (Å²) in [5.74, 6) is 0. The van der Waals surface area contributed by atoms with Gasteiger partial charge in [0.25, 0.3) is 0 Å². The molecule has 6 aromatic carbocycles. The number of benzene rings is 6. The maximum absolute atomic E-state index is 9.60. The highest BCUT2D eigenvalue weighted by molar-refractivity contribution is 5.76. The second kappa shape index (κ2) is 18.6. The predicted octanol–water partition coefficient (Wildman–Crippen LogP) is 14.3. The Labute approximate surface area is 378 Å². The number of nitrogens with zero attached hydrogens (tertiary/aromatic N) is 3. The number of aryl methyl sites for hydroxylation is 4. The van der Waals surface area contributed by atoms with Gasteiger partial charge in [-0.25, -0.2) is 0 Å². The lowest BCUT2D eigenvalue weighted by Gasteiger charge is -2.29. The molecule has 0 amide bonds. The predicted molar refractivity (Wildman–Crippen MR) is 258 cm³/mol. The van der Waals surface area contributed by atoms with E-state index in [1.165, 1.54) is 30.6 Å². The largest absolute Gasteiger partial charge is 0.256 e. The van der Waals surface area contributed by atoms with Crippen LogP contribution in [0, 0.1) is 0 Å². The molecule has 3 heterocycles. The van der Waals surface area contributed by atoms with Crippen LogP contribution in [0.25, 0.3) is 56.0 Å². The van der Waals surface area contributed by atoms with Gasteiger partial charge in [0.05, 0.1) is 17.1 Å². The van der Waals surface area contributed by atoms with Gasteiger partial charge in [0.2, 0.25) is 0 Å². The zero-order valence-electron chi connectivity index (χ0n) is 42.8. The first-order valence-corrected chi connectivity index (χ1v) is 20.9. The third-order valence-electron chi connectivity index (χ3n) is 11.0. The van der Waals surface area contributed by atoms with Crippen LogP contribution in [0.4, 0.5) is 0 Å². The molecule has 0 atom stereocenters. The number of rotatable bonds is 14. The molecule has 0 aliphatic carbocycles. The fourth-order valence-electron chi connectivity index (χ4n) is 7.80. The van der Waals surface area contributed by atoms with Crippen LogP contribution in [0.2, 0.25) is 0 Å². The van der Waals surface area contributed by atoms with Crippen molar-refractivity contribution >= 4 is 0 Å². The van der Waals surface area contributed by atoms with Crippen LogP contribution in [0.5, 0.6) is 0 Å². The van der Waals surface area contributed by atoms with E-state index in [4.69, 9.17) is 4.98 Å². The van der Waals surface area contributed by atoms with Crippen molar-refractivity contribution in [2.75, 3.05) is 0 Å². The fraction of sp³-hybridized carbons (Fsp3) is 0.136. The molecule has 0 fully saturated rings. The van der Waals surface area contributed by atoms with Gasteiger partial charge < -0.3 is 0 Å². The summed E-state index contributed by atoms with van der Waals surface area (Å²) in [4.78, 5) is 14.0. The van der Waals surface area contributed by atoms with E-state index >= 15 is 0 Å². The Morgan fingerprint density at radius 2 is 0.742 bits per heavy atom. The van der Waals surface area contributed by atoms with Crippen molar-refractivity contribution in [2.45, 2.75) is 51.2 Å². The lowest BCUT2D eigenvalue weighted by atomic mass is 9.76. The molecule has 0 aliphatic rings. The molecule has 62 heavy (non-hydrogen) atoms. The van der Waals surface area contributed by atoms with Gasteiger partial charge in [-0.3, -0.25) is 15.0 Å². The van der Waals surface area contributed by atoms with Crippen LogP contribution in [0.15, 0.2) is 213 Å². The quantitative estimate of drug-likeness (QED) is 0.110. The van der Waals surface area contributed by atoms with E-state index in [2.05, 4.69) is 66.3 Å². The van der Waals surface area contributed by atoms with E-state index in [1.807, 2.05) is 115 Å². The smallest absolute Gasteiger partial charge is 0.0708 e. The standard InChI is InChI=1S/C59H51N3/c1-59(2,55-42-62-58(53-21-13-6-14-22-53)38-54(55)50-31-29-49(30-32-50)48-15-7-3-8-16-48)39-47-36-45(25-23-43-27-33-56(60-40-43)51-17-9-4-10-18-51)35-46(37-47)26-24-44-28-34-57(61-41-44)52-19-11-5-12-20-52/h3-22,27-38,40-42H,23-26,39H2,1-2H3/i23D2,24D2,25D2,26D2. The summed E-state index contributed by atoms with van der Waals surface area (Å²) in [6, 6.07) is 60.3. The van der Waals surface area contributed by atoms with Crippen LogP contribution in [0.1, 0.15) is 58.2 Å². The van der Waals surface area contributed by atoms with E-state index in [-0.39, 0.29) is 28.7 Å². The highest BCUT2D eigenvalue weighted by atomic mass is 14.7. The molecule has 0 N–H and O–H groups in total. The lowest BCUT2D eigenvalue weighted by Crippen LogP contribution is -2.22. The molecule has 3 nitrogen and oxygen atoms in total. The monoisotopic (exact) mass is 809 g/mol. The molecular weight excluding hydrogens is 751 g/mol. The van der Waals surface area contributed by atoms with Crippen molar-refractivity contribution in [2.24, 2.45) is 0 Å². The second-order valence-corrected chi connectivity index (χ2v) is 16.0. The summed E-state index contributed by atoms with van der Waals surface area (Å²) >= 11 is 0. The van der Waals surface area contributed by atoms with Gasteiger partial charge >= 0.3 is 0 Å². The second-order valence-electron chi connectivity index (χ2n) is 16.0. The molecule has 9 aromatic rings. The summed E-state index contributed by atoms with van der Waals surface area (Å²) in [6.45, 7) is 4.12. The molecule has 302 valence electrons. The molecule has 0 bridgehead atoms. The summed E-state index contributed by atoms with van der Waals surface area (Å²) in [5.41, 5.74) is 9.03. The Balaban J connectivity index is 1.14. The van der Waals surface area contributed by atoms with E-state index < -0.39 is 30.9 Å². The Hall–Kier alpha value is -7.23. The van der Waals surface area contributed by atoms with Gasteiger partial charge in [0.1, 0.15) is 0 Å². The first kappa shape index (κ1) is 31.6.